The van der Waals surface area contributed by atoms with E-state index in [-0.39, 0.29) is 12.3 Å². The average molecular weight is 358 g/mol. The molecule has 2 aromatic rings. The van der Waals surface area contributed by atoms with Crippen molar-refractivity contribution in [3.05, 3.63) is 53.3 Å². The molecule has 26 heavy (non-hydrogen) atoms. The summed E-state index contributed by atoms with van der Waals surface area (Å²) in [5.41, 5.74) is 1.14. The third-order valence-corrected chi connectivity index (χ3v) is 3.73. The van der Waals surface area contributed by atoms with E-state index in [1.165, 1.54) is 45.6 Å². The summed E-state index contributed by atoms with van der Waals surface area (Å²) in [7, 11) is 4.47. The first-order valence-corrected chi connectivity index (χ1v) is 7.75. The highest BCUT2D eigenvalue weighted by atomic mass is 19.1. The van der Waals surface area contributed by atoms with E-state index in [2.05, 4.69) is 5.32 Å². The van der Waals surface area contributed by atoms with Gasteiger partial charge in [0.1, 0.15) is 11.9 Å². The second-order valence-corrected chi connectivity index (χ2v) is 5.39. The fraction of sp³-hybridized carbons (Fsp3) is 0.263. The second kappa shape index (κ2) is 8.72. The standard InChI is InChI=1S/C19H19FN2O4/c1-24-16-8-12(9-17(25-2)19(16)26-3)10-18(23)22-15(11-21)13-4-6-14(20)7-5-13/h4-9,15H,10H2,1-3H3,(H,22,23)/t15-/m0/s1. The lowest BCUT2D eigenvalue weighted by atomic mass is 10.1. The van der Waals surface area contributed by atoms with E-state index in [0.29, 0.717) is 28.4 Å². The molecule has 0 spiro atoms. The number of amides is 1. The molecule has 6 nitrogen and oxygen atoms in total. The number of hydrogen-bond acceptors (Lipinski definition) is 5. The molecular weight excluding hydrogens is 339 g/mol. The third-order valence-electron chi connectivity index (χ3n) is 3.73. The van der Waals surface area contributed by atoms with E-state index in [1.807, 2.05) is 6.07 Å². The van der Waals surface area contributed by atoms with E-state index >= 15 is 0 Å². The predicted octanol–water partition coefficient (Wildman–Crippen LogP) is 2.78. The summed E-state index contributed by atoms with van der Waals surface area (Å²) in [5, 5.41) is 11.9. The highest BCUT2D eigenvalue weighted by molar-refractivity contribution is 5.80. The second-order valence-electron chi connectivity index (χ2n) is 5.39. The number of halogens is 1. The number of ether oxygens (including phenoxy) is 3. The number of carbonyl (C=O) groups excluding carboxylic acids is 1. The molecule has 0 aliphatic carbocycles. The fourth-order valence-electron chi connectivity index (χ4n) is 2.48. The topological polar surface area (TPSA) is 80.6 Å². The van der Waals surface area contributed by atoms with Crippen LogP contribution in [0, 0.1) is 17.1 Å². The molecule has 0 saturated carbocycles. The maximum Gasteiger partial charge on any atom is 0.225 e. The summed E-state index contributed by atoms with van der Waals surface area (Å²) in [5.74, 6) is 0.528. The van der Waals surface area contributed by atoms with E-state index in [4.69, 9.17) is 14.2 Å². The summed E-state index contributed by atoms with van der Waals surface area (Å²) < 4.78 is 28.8. The molecular formula is C19H19FN2O4. The zero-order chi connectivity index (χ0) is 19.1. The SMILES string of the molecule is COc1cc(CC(=O)N[C@@H](C#N)c2ccc(F)cc2)cc(OC)c1OC. The third kappa shape index (κ3) is 4.42. The number of rotatable bonds is 7. The van der Waals surface area contributed by atoms with Gasteiger partial charge in [0.15, 0.2) is 11.5 Å². The van der Waals surface area contributed by atoms with Crippen molar-refractivity contribution in [3.63, 3.8) is 0 Å². The maximum absolute atomic E-state index is 13.0. The zero-order valence-corrected chi connectivity index (χ0v) is 14.7. The largest absolute Gasteiger partial charge is 0.493 e. The minimum atomic E-state index is -0.870. The monoisotopic (exact) mass is 358 g/mol. The van der Waals surface area contributed by atoms with Crippen molar-refractivity contribution in [3.8, 4) is 23.3 Å². The molecule has 0 aliphatic heterocycles. The number of methoxy groups -OCH3 is 3. The van der Waals surface area contributed by atoms with Crippen molar-refractivity contribution in [2.45, 2.75) is 12.5 Å². The van der Waals surface area contributed by atoms with Crippen molar-refractivity contribution < 1.29 is 23.4 Å². The quantitative estimate of drug-likeness (QED) is 0.823. The minimum absolute atomic E-state index is 0.0100. The van der Waals surface area contributed by atoms with Gasteiger partial charge in [-0.05, 0) is 35.4 Å². The first-order chi connectivity index (χ1) is 12.5. The van der Waals surface area contributed by atoms with E-state index in [0.717, 1.165) is 0 Å². The Balaban J connectivity index is 2.16. The Kier molecular flexibility index (Phi) is 6.39. The number of nitriles is 1. The van der Waals surface area contributed by atoms with Crippen LogP contribution in [-0.4, -0.2) is 27.2 Å². The van der Waals surface area contributed by atoms with Crippen molar-refractivity contribution in [1.82, 2.24) is 5.32 Å². The Morgan fingerprint density at radius 2 is 1.69 bits per heavy atom. The highest BCUT2D eigenvalue weighted by Crippen LogP contribution is 2.38. The Bertz CT molecular complexity index is 790. The van der Waals surface area contributed by atoms with Crippen LogP contribution in [0.15, 0.2) is 36.4 Å². The molecule has 1 amide bonds. The van der Waals surface area contributed by atoms with Crippen LogP contribution in [-0.2, 0) is 11.2 Å². The molecule has 1 N–H and O–H groups in total. The van der Waals surface area contributed by atoms with Crippen LogP contribution in [0.2, 0.25) is 0 Å². The van der Waals surface area contributed by atoms with Crippen LogP contribution in [0.25, 0.3) is 0 Å². The Labute approximate surface area is 151 Å². The summed E-state index contributed by atoms with van der Waals surface area (Å²) in [6, 6.07) is 9.86. The average Bonchev–Trinajstić information content (AvgIpc) is 2.65. The number of nitrogens with one attached hydrogen (secondary N) is 1. The minimum Gasteiger partial charge on any atom is -0.493 e. The molecule has 0 fully saturated rings. The Hall–Kier alpha value is -3.27. The maximum atomic E-state index is 13.0. The normalized spacial score (nSPS) is 11.2. The van der Waals surface area contributed by atoms with Gasteiger partial charge in [0.2, 0.25) is 11.7 Å². The van der Waals surface area contributed by atoms with Gasteiger partial charge in [0, 0.05) is 0 Å². The van der Waals surface area contributed by atoms with Gasteiger partial charge in [-0.2, -0.15) is 5.26 Å². The molecule has 0 bridgehead atoms. The van der Waals surface area contributed by atoms with Gasteiger partial charge in [0.05, 0.1) is 33.8 Å². The Morgan fingerprint density at radius 1 is 1.12 bits per heavy atom. The van der Waals surface area contributed by atoms with E-state index in [1.54, 1.807) is 12.1 Å². The van der Waals surface area contributed by atoms with Crippen molar-refractivity contribution in [2.24, 2.45) is 0 Å². The fourth-order valence-corrected chi connectivity index (χ4v) is 2.48. The molecule has 1 atom stereocenters. The van der Waals surface area contributed by atoms with Gasteiger partial charge < -0.3 is 19.5 Å². The van der Waals surface area contributed by atoms with Gasteiger partial charge in [-0.1, -0.05) is 12.1 Å². The molecule has 0 aromatic heterocycles. The van der Waals surface area contributed by atoms with Crippen LogP contribution in [0.3, 0.4) is 0 Å². The molecule has 0 radical (unpaired) electrons. The zero-order valence-electron chi connectivity index (χ0n) is 14.7. The highest BCUT2D eigenvalue weighted by Gasteiger charge is 2.17. The molecule has 2 rings (SSSR count). The van der Waals surface area contributed by atoms with Gasteiger partial charge in [-0.3, -0.25) is 4.79 Å². The van der Waals surface area contributed by atoms with Crippen LogP contribution in [0.1, 0.15) is 17.2 Å². The van der Waals surface area contributed by atoms with Crippen LogP contribution in [0.5, 0.6) is 17.2 Å². The van der Waals surface area contributed by atoms with Gasteiger partial charge >= 0.3 is 0 Å². The number of carbonyl (C=O) groups is 1. The predicted molar refractivity (Wildman–Crippen MR) is 92.7 cm³/mol. The van der Waals surface area contributed by atoms with Crippen LogP contribution in [0.4, 0.5) is 4.39 Å². The lowest BCUT2D eigenvalue weighted by molar-refractivity contribution is -0.120. The first-order valence-electron chi connectivity index (χ1n) is 7.75. The summed E-state index contributed by atoms with van der Waals surface area (Å²) in [4.78, 5) is 12.3. The van der Waals surface area contributed by atoms with Gasteiger partial charge in [-0.15, -0.1) is 0 Å². The Morgan fingerprint density at radius 3 is 2.15 bits per heavy atom. The molecule has 0 saturated heterocycles. The van der Waals surface area contributed by atoms with Gasteiger partial charge in [0.25, 0.3) is 0 Å². The van der Waals surface area contributed by atoms with Crippen molar-refractivity contribution in [1.29, 1.82) is 5.26 Å². The summed E-state index contributed by atoms with van der Waals surface area (Å²) in [6.07, 6.45) is 0.0100. The number of benzene rings is 2. The number of nitrogens with zero attached hydrogens (tertiary/aromatic N) is 1. The van der Waals surface area contributed by atoms with Crippen molar-refractivity contribution >= 4 is 5.91 Å². The molecule has 0 aliphatic rings. The van der Waals surface area contributed by atoms with Crippen molar-refractivity contribution in [2.75, 3.05) is 21.3 Å². The van der Waals surface area contributed by atoms with Crippen LogP contribution >= 0.6 is 0 Å². The van der Waals surface area contributed by atoms with E-state index in [9.17, 15) is 14.4 Å². The summed E-state index contributed by atoms with van der Waals surface area (Å²) >= 11 is 0. The molecule has 0 unspecified atom stereocenters. The summed E-state index contributed by atoms with van der Waals surface area (Å²) in [6.45, 7) is 0. The lowest BCUT2D eigenvalue weighted by Crippen LogP contribution is -2.29. The molecule has 7 heteroatoms. The first kappa shape index (κ1) is 19.1. The smallest absolute Gasteiger partial charge is 0.225 e. The molecule has 136 valence electrons. The molecule has 2 aromatic carbocycles. The van der Waals surface area contributed by atoms with Crippen LogP contribution < -0.4 is 19.5 Å². The van der Waals surface area contributed by atoms with E-state index < -0.39 is 11.9 Å². The lowest BCUT2D eigenvalue weighted by Gasteiger charge is -2.15. The number of hydrogen-bond donors (Lipinski definition) is 1. The molecule has 0 heterocycles. The van der Waals surface area contributed by atoms with Gasteiger partial charge in [-0.25, -0.2) is 4.39 Å².